The standard InChI is InChI=1S/C15H17NO3S/c1-18-15(17)11-3-5-12(6-4-11)16-9-13-7-8-14(19-13)10-20-2/h3-8,16H,9-10H2,1-2H3. The second-order valence-corrected chi connectivity index (χ2v) is 5.09. The summed E-state index contributed by atoms with van der Waals surface area (Å²) in [5.41, 5.74) is 1.47. The van der Waals surface area contributed by atoms with Crippen molar-refractivity contribution in [2.24, 2.45) is 0 Å². The number of hydrogen-bond acceptors (Lipinski definition) is 5. The number of esters is 1. The summed E-state index contributed by atoms with van der Waals surface area (Å²) in [6, 6.07) is 11.1. The van der Waals surface area contributed by atoms with Crippen LogP contribution in [0.1, 0.15) is 21.9 Å². The fourth-order valence-corrected chi connectivity index (χ4v) is 2.21. The van der Waals surface area contributed by atoms with Gasteiger partial charge in [-0.25, -0.2) is 4.79 Å². The molecule has 0 amide bonds. The van der Waals surface area contributed by atoms with Crippen molar-refractivity contribution in [2.45, 2.75) is 12.3 Å². The van der Waals surface area contributed by atoms with Crippen LogP contribution in [0.3, 0.4) is 0 Å². The molecule has 0 atom stereocenters. The molecular formula is C15H17NO3S. The van der Waals surface area contributed by atoms with Crippen LogP contribution in [0.2, 0.25) is 0 Å². The van der Waals surface area contributed by atoms with Gasteiger partial charge in [-0.05, 0) is 42.7 Å². The predicted octanol–water partition coefficient (Wildman–Crippen LogP) is 3.54. The Kier molecular flexibility index (Phi) is 5.12. The highest BCUT2D eigenvalue weighted by atomic mass is 32.2. The first kappa shape index (κ1) is 14.5. The van der Waals surface area contributed by atoms with E-state index < -0.39 is 0 Å². The summed E-state index contributed by atoms with van der Waals surface area (Å²) in [5, 5.41) is 3.25. The lowest BCUT2D eigenvalue weighted by Crippen LogP contribution is -2.02. The van der Waals surface area contributed by atoms with Crippen molar-refractivity contribution in [3.05, 3.63) is 53.5 Å². The zero-order valence-electron chi connectivity index (χ0n) is 11.5. The Bertz CT molecular complexity index is 563. The zero-order valence-corrected chi connectivity index (χ0v) is 12.3. The zero-order chi connectivity index (χ0) is 14.4. The van der Waals surface area contributed by atoms with Crippen molar-refractivity contribution in [2.75, 3.05) is 18.7 Å². The van der Waals surface area contributed by atoms with Gasteiger partial charge in [0.25, 0.3) is 0 Å². The number of furan rings is 1. The van der Waals surface area contributed by atoms with E-state index in [1.54, 1.807) is 23.9 Å². The lowest BCUT2D eigenvalue weighted by atomic mass is 10.2. The Morgan fingerprint density at radius 2 is 1.90 bits per heavy atom. The van der Waals surface area contributed by atoms with E-state index in [2.05, 4.69) is 10.1 Å². The molecule has 0 unspecified atom stereocenters. The predicted molar refractivity (Wildman–Crippen MR) is 81.0 cm³/mol. The third-order valence-electron chi connectivity index (χ3n) is 2.78. The second kappa shape index (κ2) is 7.05. The van der Waals surface area contributed by atoms with Crippen LogP contribution in [0, 0.1) is 0 Å². The lowest BCUT2D eigenvalue weighted by Gasteiger charge is -2.05. The van der Waals surface area contributed by atoms with Gasteiger partial charge in [-0.15, -0.1) is 0 Å². The molecule has 0 fully saturated rings. The van der Waals surface area contributed by atoms with Gasteiger partial charge < -0.3 is 14.5 Å². The molecule has 0 aliphatic rings. The van der Waals surface area contributed by atoms with E-state index in [9.17, 15) is 4.79 Å². The van der Waals surface area contributed by atoms with E-state index in [4.69, 9.17) is 4.42 Å². The molecule has 1 N–H and O–H groups in total. The van der Waals surface area contributed by atoms with E-state index in [-0.39, 0.29) is 5.97 Å². The quantitative estimate of drug-likeness (QED) is 0.825. The molecule has 106 valence electrons. The topological polar surface area (TPSA) is 51.5 Å². The lowest BCUT2D eigenvalue weighted by molar-refractivity contribution is 0.0601. The molecule has 0 bridgehead atoms. The van der Waals surface area contributed by atoms with Crippen LogP contribution in [0.5, 0.6) is 0 Å². The van der Waals surface area contributed by atoms with Crippen molar-refractivity contribution in [1.29, 1.82) is 0 Å². The van der Waals surface area contributed by atoms with Crippen molar-refractivity contribution in [3.8, 4) is 0 Å². The van der Waals surface area contributed by atoms with Gasteiger partial charge in [0.05, 0.1) is 25.0 Å². The summed E-state index contributed by atoms with van der Waals surface area (Å²) in [6.07, 6.45) is 2.04. The highest BCUT2D eigenvalue weighted by Gasteiger charge is 2.05. The van der Waals surface area contributed by atoms with Gasteiger partial charge in [0, 0.05) is 5.69 Å². The number of methoxy groups -OCH3 is 1. The number of thioether (sulfide) groups is 1. The van der Waals surface area contributed by atoms with Crippen LogP contribution < -0.4 is 5.32 Å². The van der Waals surface area contributed by atoms with Crippen LogP contribution in [0.25, 0.3) is 0 Å². The molecule has 0 saturated heterocycles. The number of rotatable bonds is 6. The maximum atomic E-state index is 11.3. The van der Waals surface area contributed by atoms with E-state index in [1.165, 1.54) is 7.11 Å². The van der Waals surface area contributed by atoms with Gasteiger partial charge in [0.15, 0.2) is 0 Å². The summed E-state index contributed by atoms with van der Waals surface area (Å²) in [6.45, 7) is 0.617. The molecule has 1 aromatic carbocycles. The van der Waals surface area contributed by atoms with E-state index in [0.717, 1.165) is 23.0 Å². The molecule has 0 saturated carbocycles. The van der Waals surface area contributed by atoms with Crippen LogP contribution in [-0.4, -0.2) is 19.3 Å². The van der Waals surface area contributed by atoms with Gasteiger partial charge in [-0.1, -0.05) is 0 Å². The Labute approximate surface area is 122 Å². The van der Waals surface area contributed by atoms with E-state index in [1.807, 2.05) is 30.5 Å². The minimum absolute atomic E-state index is 0.329. The Hall–Kier alpha value is -1.88. The molecule has 2 rings (SSSR count). The third-order valence-corrected chi connectivity index (χ3v) is 3.35. The highest BCUT2D eigenvalue weighted by molar-refractivity contribution is 7.97. The Morgan fingerprint density at radius 1 is 1.20 bits per heavy atom. The molecule has 1 heterocycles. The average Bonchev–Trinajstić information content (AvgIpc) is 2.93. The van der Waals surface area contributed by atoms with Crippen molar-refractivity contribution in [1.82, 2.24) is 0 Å². The first-order valence-electron chi connectivity index (χ1n) is 6.21. The number of nitrogens with one attached hydrogen (secondary N) is 1. The van der Waals surface area contributed by atoms with Gasteiger partial charge in [-0.3, -0.25) is 0 Å². The number of carbonyl (C=O) groups is 1. The maximum absolute atomic E-state index is 11.3. The maximum Gasteiger partial charge on any atom is 0.337 e. The SMILES string of the molecule is COC(=O)c1ccc(NCc2ccc(CSC)o2)cc1. The summed E-state index contributed by atoms with van der Waals surface area (Å²) in [4.78, 5) is 11.3. The van der Waals surface area contributed by atoms with Crippen LogP contribution in [0.15, 0.2) is 40.8 Å². The van der Waals surface area contributed by atoms with Crippen LogP contribution in [-0.2, 0) is 17.0 Å². The van der Waals surface area contributed by atoms with Gasteiger partial charge in [0.1, 0.15) is 11.5 Å². The van der Waals surface area contributed by atoms with Crippen molar-refractivity contribution < 1.29 is 13.9 Å². The number of ether oxygens (including phenoxy) is 1. The first-order chi connectivity index (χ1) is 9.72. The first-order valence-corrected chi connectivity index (χ1v) is 7.61. The molecule has 0 aliphatic carbocycles. The molecule has 1 aromatic heterocycles. The highest BCUT2D eigenvalue weighted by Crippen LogP contribution is 2.16. The Balaban J connectivity index is 1.91. The molecule has 20 heavy (non-hydrogen) atoms. The summed E-state index contributed by atoms with van der Waals surface area (Å²) >= 11 is 1.73. The minimum Gasteiger partial charge on any atom is -0.465 e. The van der Waals surface area contributed by atoms with Gasteiger partial charge in [-0.2, -0.15) is 11.8 Å². The molecular weight excluding hydrogens is 274 g/mol. The second-order valence-electron chi connectivity index (χ2n) is 4.22. The minimum atomic E-state index is -0.329. The largest absolute Gasteiger partial charge is 0.465 e. The van der Waals surface area contributed by atoms with E-state index in [0.29, 0.717) is 12.1 Å². The van der Waals surface area contributed by atoms with E-state index >= 15 is 0 Å². The molecule has 0 spiro atoms. The summed E-state index contributed by atoms with van der Waals surface area (Å²) in [7, 11) is 1.37. The normalized spacial score (nSPS) is 10.3. The number of benzene rings is 1. The fourth-order valence-electron chi connectivity index (χ4n) is 1.77. The third kappa shape index (κ3) is 3.81. The molecule has 4 nitrogen and oxygen atoms in total. The average molecular weight is 291 g/mol. The Morgan fingerprint density at radius 3 is 2.55 bits per heavy atom. The van der Waals surface area contributed by atoms with Crippen LogP contribution in [0.4, 0.5) is 5.69 Å². The van der Waals surface area contributed by atoms with Gasteiger partial charge in [0.2, 0.25) is 0 Å². The van der Waals surface area contributed by atoms with Gasteiger partial charge >= 0.3 is 5.97 Å². The molecule has 2 aromatic rings. The summed E-state index contributed by atoms with van der Waals surface area (Å²) in [5.74, 6) is 2.43. The number of carbonyl (C=O) groups excluding carboxylic acids is 1. The number of anilines is 1. The monoisotopic (exact) mass is 291 g/mol. The fraction of sp³-hybridized carbons (Fsp3) is 0.267. The number of hydrogen-bond donors (Lipinski definition) is 1. The molecule has 0 aliphatic heterocycles. The molecule has 0 radical (unpaired) electrons. The summed E-state index contributed by atoms with van der Waals surface area (Å²) < 4.78 is 10.3. The smallest absolute Gasteiger partial charge is 0.337 e. The van der Waals surface area contributed by atoms with Crippen molar-refractivity contribution in [3.63, 3.8) is 0 Å². The molecule has 5 heteroatoms. The van der Waals surface area contributed by atoms with Crippen LogP contribution >= 0.6 is 11.8 Å². The van der Waals surface area contributed by atoms with Crippen molar-refractivity contribution >= 4 is 23.4 Å².